The van der Waals surface area contributed by atoms with E-state index in [2.05, 4.69) is 18.2 Å². The van der Waals surface area contributed by atoms with Gasteiger partial charge in [-0.1, -0.05) is 19.3 Å². The Morgan fingerprint density at radius 1 is 1.50 bits per heavy atom. The van der Waals surface area contributed by atoms with Gasteiger partial charge in [0.2, 0.25) is 0 Å². The molecule has 10 heavy (non-hydrogen) atoms. The molecule has 0 saturated carbocycles. The molecule has 1 N–H and O–H groups in total. The van der Waals surface area contributed by atoms with Gasteiger partial charge >= 0.3 is 0 Å². The van der Waals surface area contributed by atoms with Crippen LogP contribution in [0.3, 0.4) is 0 Å². The fourth-order valence-electron chi connectivity index (χ4n) is 1.03. The average Bonchev–Trinajstić information content (AvgIpc) is 1.98. The number of rotatable bonds is 5. The summed E-state index contributed by atoms with van der Waals surface area (Å²) in [5.41, 5.74) is 0. The van der Waals surface area contributed by atoms with E-state index < -0.39 is 0 Å². The molecule has 0 amide bonds. The largest absolute Gasteiger partial charge is 0.317 e. The third kappa shape index (κ3) is 4.40. The van der Waals surface area contributed by atoms with Crippen molar-refractivity contribution < 1.29 is 0 Å². The number of hydrogen-bond acceptors (Lipinski definition) is 1. The Bertz CT molecular complexity index is 102. The van der Waals surface area contributed by atoms with Gasteiger partial charge in [-0.3, -0.25) is 0 Å². The van der Waals surface area contributed by atoms with E-state index in [1.165, 1.54) is 12.8 Å². The summed E-state index contributed by atoms with van der Waals surface area (Å²) in [5, 5.41) is 3.21. The van der Waals surface area contributed by atoms with Crippen molar-refractivity contribution in [1.82, 2.24) is 5.32 Å². The summed E-state index contributed by atoms with van der Waals surface area (Å²) in [7, 11) is 1.98. The molecule has 1 heteroatoms. The van der Waals surface area contributed by atoms with E-state index in [0.717, 1.165) is 12.8 Å². The molecule has 0 fully saturated rings. The zero-order valence-electron chi connectivity index (χ0n) is 6.91. The summed E-state index contributed by atoms with van der Waals surface area (Å²) in [6.07, 6.45) is 11.0. The van der Waals surface area contributed by atoms with E-state index in [1.807, 2.05) is 7.05 Å². The van der Waals surface area contributed by atoms with Crippen LogP contribution in [-0.2, 0) is 0 Å². The van der Waals surface area contributed by atoms with Gasteiger partial charge in [0.15, 0.2) is 0 Å². The summed E-state index contributed by atoms with van der Waals surface area (Å²) < 4.78 is 0. The van der Waals surface area contributed by atoms with Gasteiger partial charge in [-0.15, -0.1) is 0 Å². The molecule has 1 nitrogen and oxygen atoms in total. The minimum Gasteiger partial charge on any atom is -0.317 e. The van der Waals surface area contributed by atoms with E-state index in [1.54, 1.807) is 0 Å². The standard InChI is InChI=1S/C9H16N/c1-4-6-8-9(10-3)7-5-2/h9-10H,5-8H2,2-3H3. The van der Waals surface area contributed by atoms with Crippen LogP contribution in [0.15, 0.2) is 0 Å². The molecule has 0 spiro atoms. The topological polar surface area (TPSA) is 12.0 Å². The van der Waals surface area contributed by atoms with E-state index in [4.69, 9.17) is 6.42 Å². The van der Waals surface area contributed by atoms with Crippen LogP contribution in [0.25, 0.3) is 0 Å². The van der Waals surface area contributed by atoms with E-state index in [0.29, 0.717) is 6.04 Å². The maximum atomic E-state index is 6.73. The Morgan fingerprint density at radius 2 is 2.20 bits per heavy atom. The van der Waals surface area contributed by atoms with Crippen LogP contribution < -0.4 is 5.32 Å². The molecule has 0 aromatic heterocycles. The van der Waals surface area contributed by atoms with Gasteiger partial charge in [0.1, 0.15) is 0 Å². The molecule has 1 radical (unpaired) electrons. The SMILES string of the molecule is [C]#CCCC(CCC)NC. The molecule has 0 saturated heterocycles. The highest BCUT2D eigenvalue weighted by molar-refractivity contribution is 4.78. The van der Waals surface area contributed by atoms with E-state index in [9.17, 15) is 0 Å². The van der Waals surface area contributed by atoms with Crippen LogP contribution in [-0.4, -0.2) is 13.1 Å². The van der Waals surface area contributed by atoms with E-state index in [-0.39, 0.29) is 0 Å². The van der Waals surface area contributed by atoms with Crippen LogP contribution >= 0.6 is 0 Å². The predicted molar refractivity (Wildman–Crippen MR) is 44.1 cm³/mol. The predicted octanol–water partition coefficient (Wildman–Crippen LogP) is 1.74. The Morgan fingerprint density at radius 3 is 2.60 bits per heavy atom. The van der Waals surface area contributed by atoms with Gasteiger partial charge in [0.25, 0.3) is 0 Å². The fraction of sp³-hybridized carbons (Fsp3) is 0.778. The quantitative estimate of drug-likeness (QED) is 0.571. The normalized spacial score (nSPS) is 12.5. The molecule has 0 aromatic carbocycles. The molecule has 1 atom stereocenters. The van der Waals surface area contributed by atoms with Gasteiger partial charge in [0, 0.05) is 12.5 Å². The highest BCUT2D eigenvalue weighted by atomic mass is 14.9. The maximum absolute atomic E-state index is 6.73. The summed E-state index contributed by atoms with van der Waals surface area (Å²) in [4.78, 5) is 0. The second kappa shape index (κ2) is 6.64. The second-order valence-corrected chi connectivity index (χ2v) is 2.49. The number of nitrogens with one attached hydrogen (secondary N) is 1. The molecule has 0 aromatic rings. The van der Waals surface area contributed by atoms with Crippen LogP contribution in [0.2, 0.25) is 0 Å². The van der Waals surface area contributed by atoms with Crippen molar-refractivity contribution in [2.24, 2.45) is 0 Å². The van der Waals surface area contributed by atoms with Gasteiger partial charge in [-0.05, 0) is 26.3 Å². The molecule has 1 unspecified atom stereocenters. The van der Waals surface area contributed by atoms with Gasteiger partial charge in [-0.2, -0.15) is 0 Å². The molecule has 57 valence electrons. The zero-order valence-corrected chi connectivity index (χ0v) is 6.91. The Kier molecular flexibility index (Phi) is 6.32. The third-order valence-electron chi connectivity index (χ3n) is 1.66. The van der Waals surface area contributed by atoms with Crippen LogP contribution in [0.5, 0.6) is 0 Å². The molecular formula is C9H16N. The lowest BCUT2D eigenvalue weighted by atomic mass is 10.1. The molecular weight excluding hydrogens is 122 g/mol. The summed E-state index contributed by atoms with van der Waals surface area (Å²) in [6, 6.07) is 0.586. The van der Waals surface area contributed by atoms with Crippen molar-refractivity contribution in [1.29, 1.82) is 0 Å². The summed E-state index contributed by atoms with van der Waals surface area (Å²) in [6.45, 7) is 2.18. The Hall–Kier alpha value is -0.480. The fourth-order valence-corrected chi connectivity index (χ4v) is 1.03. The minimum atomic E-state index is 0.586. The highest BCUT2D eigenvalue weighted by Gasteiger charge is 2.01. The molecule has 0 bridgehead atoms. The van der Waals surface area contributed by atoms with Crippen LogP contribution in [0, 0.1) is 12.3 Å². The van der Waals surface area contributed by atoms with Crippen molar-refractivity contribution in [3.05, 3.63) is 6.42 Å². The first-order valence-electron chi connectivity index (χ1n) is 3.92. The maximum Gasteiger partial charge on any atom is 0.0114 e. The van der Waals surface area contributed by atoms with Gasteiger partial charge in [0.05, 0.1) is 0 Å². The average molecular weight is 138 g/mol. The van der Waals surface area contributed by atoms with Crippen LogP contribution in [0.4, 0.5) is 0 Å². The first-order valence-corrected chi connectivity index (χ1v) is 3.92. The summed E-state index contributed by atoms with van der Waals surface area (Å²) in [5.74, 6) is 2.40. The molecule has 0 aliphatic carbocycles. The smallest absolute Gasteiger partial charge is 0.0114 e. The monoisotopic (exact) mass is 138 g/mol. The molecule has 0 aliphatic rings. The van der Waals surface area contributed by atoms with Crippen molar-refractivity contribution >= 4 is 0 Å². The van der Waals surface area contributed by atoms with E-state index >= 15 is 0 Å². The minimum absolute atomic E-state index is 0.586. The van der Waals surface area contributed by atoms with Crippen molar-refractivity contribution in [3.8, 4) is 5.92 Å². The first-order chi connectivity index (χ1) is 4.85. The Labute approximate surface area is 64.2 Å². The van der Waals surface area contributed by atoms with Crippen molar-refractivity contribution in [2.45, 2.75) is 38.6 Å². The third-order valence-corrected chi connectivity index (χ3v) is 1.66. The van der Waals surface area contributed by atoms with Crippen molar-refractivity contribution in [3.63, 3.8) is 0 Å². The number of hydrogen-bond donors (Lipinski definition) is 1. The second-order valence-electron chi connectivity index (χ2n) is 2.49. The van der Waals surface area contributed by atoms with Crippen LogP contribution in [0.1, 0.15) is 32.6 Å². The molecule has 0 heterocycles. The summed E-state index contributed by atoms with van der Waals surface area (Å²) >= 11 is 0. The van der Waals surface area contributed by atoms with Gasteiger partial charge in [-0.25, -0.2) is 0 Å². The lowest BCUT2D eigenvalue weighted by Crippen LogP contribution is -2.24. The zero-order chi connectivity index (χ0) is 7.82. The van der Waals surface area contributed by atoms with Crippen molar-refractivity contribution in [2.75, 3.05) is 7.05 Å². The molecule has 0 rings (SSSR count). The van der Waals surface area contributed by atoms with Gasteiger partial charge < -0.3 is 5.32 Å². The highest BCUT2D eigenvalue weighted by Crippen LogP contribution is 2.02. The lowest BCUT2D eigenvalue weighted by Gasteiger charge is -2.12. The molecule has 0 aliphatic heterocycles. The first kappa shape index (κ1) is 9.52. The Balaban J connectivity index is 3.32. The lowest BCUT2D eigenvalue weighted by molar-refractivity contribution is 0.490.